The molecule has 0 fully saturated rings. The number of carbonyl (C=O) groups excluding carboxylic acids is 2. The van der Waals surface area contributed by atoms with E-state index in [2.05, 4.69) is 12.6 Å². The van der Waals surface area contributed by atoms with Gasteiger partial charge in [-0.1, -0.05) is 13.8 Å². The summed E-state index contributed by atoms with van der Waals surface area (Å²) in [6, 6.07) is 0. The maximum Gasteiger partial charge on any atom is 0.305 e. The fourth-order valence-electron chi connectivity index (χ4n) is 0.681. The molecule has 4 nitrogen and oxygen atoms in total. The summed E-state index contributed by atoms with van der Waals surface area (Å²) in [4.78, 5) is 21.7. The van der Waals surface area contributed by atoms with Crippen molar-refractivity contribution in [3.63, 3.8) is 0 Å². The quantitative estimate of drug-likeness (QED) is 0.539. The Morgan fingerprint density at radius 2 is 1.79 bits per heavy atom. The summed E-state index contributed by atoms with van der Waals surface area (Å²) in [7, 11) is 0. The molecule has 0 heterocycles. The molecule has 0 spiro atoms. The van der Waals surface area contributed by atoms with Crippen molar-refractivity contribution in [1.82, 2.24) is 0 Å². The van der Waals surface area contributed by atoms with Crippen LogP contribution in [-0.2, 0) is 19.1 Å². The van der Waals surface area contributed by atoms with E-state index in [0.29, 0.717) is 18.6 Å². The molecular formula is C9H16O4S. The van der Waals surface area contributed by atoms with Crippen molar-refractivity contribution < 1.29 is 19.1 Å². The summed E-state index contributed by atoms with van der Waals surface area (Å²) in [5.41, 5.74) is 0. The van der Waals surface area contributed by atoms with Crippen LogP contribution < -0.4 is 0 Å². The minimum absolute atomic E-state index is 0.0852. The zero-order valence-corrected chi connectivity index (χ0v) is 9.38. The predicted molar refractivity (Wildman–Crippen MR) is 55.3 cm³/mol. The van der Waals surface area contributed by atoms with Gasteiger partial charge in [0.25, 0.3) is 0 Å². The van der Waals surface area contributed by atoms with Gasteiger partial charge in [0.1, 0.15) is 12.7 Å². The first-order valence-electron chi connectivity index (χ1n) is 4.59. The molecule has 0 N–H and O–H groups in total. The molecule has 0 rings (SSSR count). The fourth-order valence-corrected chi connectivity index (χ4v) is 0.861. The van der Waals surface area contributed by atoms with E-state index in [1.165, 1.54) is 0 Å². The largest absolute Gasteiger partial charge is 0.462 e. The van der Waals surface area contributed by atoms with Gasteiger partial charge in [-0.2, -0.15) is 12.6 Å². The molecule has 5 heteroatoms. The molecule has 82 valence electrons. The molecule has 0 aromatic rings. The molecule has 0 aromatic heterocycles. The lowest BCUT2D eigenvalue weighted by Crippen LogP contribution is -2.26. The molecule has 0 saturated carbocycles. The second-order valence-corrected chi connectivity index (χ2v) is 3.05. The Balaban J connectivity index is 3.79. The van der Waals surface area contributed by atoms with Crippen LogP contribution in [0.25, 0.3) is 0 Å². The van der Waals surface area contributed by atoms with E-state index in [4.69, 9.17) is 9.47 Å². The van der Waals surface area contributed by atoms with E-state index < -0.39 is 6.10 Å². The van der Waals surface area contributed by atoms with Gasteiger partial charge in [-0.05, 0) is 0 Å². The van der Waals surface area contributed by atoms with Crippen molar-refractivity contribution in [2.45, 2.75) is 32.8 Å². The first kappa shape index (κ1) is 13.3. The van der Waals surface area contributed by atoms with Gasteiger partial charge in [-0.3, -0.25) is 9.59 Å². The molecule has 0 bridgehead atoms. The first-order chi connectivity index (χ1) is 6.63. The van der Waals surface area contributed by atoms with Crippen LogP contribution in [0.15, 0.2) is 0 Å². The topological polar surface area (TPSA) is 52.6 Å². The molecule has 0 amide bonds. The van der Waals surface area contributed by atoms with E-state index in [0.717, 1.165) is 0 Å². The van der Waals surface area contributed by atoms with Gasteiger partial charge in [0, 0.05) is 18.6 Å². The van der Waals surface area contributed by atoms with Gasteiger partial charge >= 0.3 is 11.9 Å². The van der Waals surface area contributed by atoms with E-state index in [1.54, 1.807) is 13.8 Å². The van der Waals surface area contributed by atoms with E-state index in [-0.39, 0.29) is 18.5 Å². The van der Waals surface area contributed by atoms with E-state index in [1.807, 2.05) is 0 Å². The van der Waals surface area contributed by atoms with Crippen molar-refractivity contribution in [2.24, 2.45) is 0 Å². The fraction of sp³-hybridized carbons (Fsp3) is 0.778. The summed E-state index contributed by atoms with van der Waals surface area (Å²) in [5, 5.41) is 0. The van der Waals surface area contributed by atoms with Gasteiger partial charge in [-0.15, -0.1) is 0 Å². The number of esters is 2. The highest BCUT2D eigenvalue weighted by Gasteiger charge is 2.13. The van der Waals surface area contributed by atoms with E-state index in [9.17, 15) is 9.59 Å². The Morgan fingerprint density at radius 1 is 1.21 bits per heavy atom. The molecule has 0 aliphatic carbocycles. The summed E-state index contributed by atoms with van der Waals surface area (Å²) >= 11 is 3.99. The monoisotopic (exact) mass is 220 g/mol. The van der Waals surface area contributed by atoms with Gasteiger partial charge in [0.15, 0.2) is 0 Å². The lowest BCUT2D eigenvalue weighted by molar-refractivity contribution is -0.157. The number of ether oxygens (including phenoxy) is 2. The normalized spacial score (nSPS) is 11.9. The van der Waals surface area contributed by atoms with Gasteiger partial charge in [0.2, 0.25) is 0 Å². The average Bonchev–Trinajstić information content (AvgIpc) is 2.22. The second-order valence-electron chi connectivity index (χ2n) is 2.68. The zero-order chi connectivity index (χ0) is 11.0. The number of hydrogen-bond donors (Lipinski definition) is 1. The Hall–Kier alpha value is -0.710. The van der Waals surface area contributed by atoms with Crippen LogP contribution in [-0.4, -0.2) is 30.4 Å². The summed E-state index contributed by atoms with van der Waals surface area (Å²) < 4.78 is 9.78. The minimum Gasteiger partial charge on any atom is -0.462 e. The molecule has 0 saturated heterocycles. The molecule has 1 atom stereocenters. The molecule has 0 unspecified atom stereocenters. The molecule has 0 radical (unpaired) electrons. The van der Waals surface area contributed by atoms with Gasteiger partial charge in [-0.25, -0.2) is 0 Å². The molecule has 0 aliphatic rings. The predicted octanol–water partition coefficient (Wildman–Crippen LogP) is 1.19. The van der Waals surface area contributed by atoms with Crippen LogP contribution in [0.4, 0.5) is 0 Å². The zero-order valence-electron chi connectivity index (χ0n) is 8.49. The second kappa shape index (κ2) is 7.67. The molecule has 14 heavy (non-hydrogen) atoms. The smallest absolute Gasteiger partial charge is 0.305 e. The minimum atomic E-state index is -0.443. The van der Waals surface area contributed by atoms with Crippen LogP contribution in [0.2, 0.25) is 0 Å². The summed E-state index contributed by atoms with van der Waals surface area (Å²) in [6.07, 6.45) is 0.189. The number of thiol groups is 1. The third-order valence-corrected chi connectivity index (χ3v) is 1.92. The highest BCUT2D eigenvalue weighted by atomic mass is 32.1. The van der Waals surface area contributed by atoms with Crippen LogP contribution in [0.3, 0.4) is 0 Å². The van der Waals surface area contributed by atoms with Crippen LogP contribution >= 0.6 is 12.6 Å². The summed E-state index contributed by atoms with van der Waals surface area (Å²) in [6.45, 7) is 3.49. The van der Waals surface area contributed by atoms with Gasteiger partial charge < -0.3 is 9.47 Å². The number of hydrogen-bond acceptors (Lipinski definition) is 5. The Kier molecular flexibility index (Phi) is 7.28. The van der Waals surface area contributed by atoms with Crippen LogP contribution in [0.5, 0.6) is 0 Å². The Bertz CT molecular complexity index is 193. The maximum atomic E-state index is 10.9. The van der Waals surface area contributed by atoms with Crippen molar-refractivity contribution in [3.05, 3.63) is 0 Å². The van der Waals surface area contributed by atoms with Crippen LogP contribution in [0, 0.1) is 0 Å². The maximum absolute atomic E-state index is 10.9. The Labute approximate surface area is 89.4 Å². The number of rotatable bonds is 6. The Morgan fingerprint density at radius 3 is 2.21 bits per heavy atom. The van der Waals surface area contributed by atoms with Crippen molar-refractivity contribution in [2.75, 3.05) is 12.4 Å². The highest BCUT2D eigenvalue weighted by Crippen LogP contribution is 2.00. The number of carbonyl (C=O) groups is 2. The van der Waals surface area contributed by atoms with Gasteiger partial charge in [0.05, 0.1) is 0 Å². The van der Waals surface area contributed by atoms with Crippen molar-refractivity contribution >= 4 is 24.6 Å². The highest BCUT2D eigenvalue weighted by molar-refractivity contribution is 7.80. The lowest BCUT2D eigenvalue weighted by Gasteiger charge is -2.14. The van der Waals surface area contributed by atoms with Crippen LogP contribution in [0.1, 0.15) is 26.7 Å². The molecule has 0 aliphatic heterocycles. The molecule has 0 aromatic carbocycles. The first-order valence-corrected chi connectivity index (χ1v) is 5.23. The van der Waals surface area contributed by atoms with E-state index >= 15 is 0 Å². The lowest BCUT2D eigenvalue weighted by atomic mass is 10.4. The third kappa shape index (κ3) is 5.85. The van der Waals surface area contributed by atoms with Crippen molar-refractivity contribution in [3.8, 4) is 0 Å². The SMILES string of the molecule is CCC(=O)OC[C@H](CS)OC(=O)CC. The molecular weight excluding hydrogens is 204 g/mol. The third-order valence-electron chi connectivity index (χ3n) is 1.51. The van der Waals surface area contributed by atoms with Crippen molar-refractivity contribution in [1.29, 1.82) is 0 Å². The standard InChI is InChI=1S/C9H16O4S/c1-3-8(10)12-5-7(6-14)13-9(11)4-2/h7,14H,3-6H2,1-2H3/t7-/m1/s1. The average molecular weight is 220 g/mol. The summed E-state index contributed by atoms with van der Waals surface area (Å²) in [5.74, 6) is -0.260.